The van der Waals surface area contributed by atoms with Crippen LogP contribution in [0.25, 0.3) is 0 Å². The summed E-state index contributed by atoms with van der Waals surface area (Å²) in [6, 6.07) is 9.02. The average Bonchev–Trinajstić information content (AvgIpc) is 2.17. The molecule has 0 saturated heterocycles. The number of benzene rings is 1. The van der Waals surface area contributed by atoms with E-state index < -0.39 is 0 Å². The summed E-state index contributed by atoms with van der Waals surface area (Å²) >= 11 is 0. The van der Waals surface area contributed by atoms with Crippen molar-refractivity contribution >= 4 is 0 Å². The Morgan fingerprint density at radius 2 is 1.69 bits per heavy atom. The van der Waals surface area contributed by atoms with E-state index in [1.807, 2.05) is 0 Å². The maximum absolute atomic E-state index is 5.56. The third-order valence-electron chi connectivity index (χ3n) is 3.06. The molecule has 0 fully saturated rings. The second-order valence-corrected chi connectivity index (χ2v) is 5.83. The molecular weight excluding hydrogens is 194 g/mol. The summed E-state index contributed by atoms with van der Waals surface area (Å²) in [4.78, 5) is 0. The van der Waals surface area contributed by atoms with Crippen molar-refractivity contribution in [2.45, 2.75) is 46.0 Å². The van der Waals surface area contributed by atoms with E-state index in [0.29, 0.717) is 5.92 Å². The highest BCUT2D eigenvalue weighted by atomic mass is 14.5. The van der Waals surface area contributed by atoms with Gasteiger partial charge in [-0.2, -0.15) is 0 Å². The third-order valence-corrected chi connectivity index (χ3v) is 3.06. The Kier molecular flexibility index (Phi) is 4.55. The summed E-state index contributed by atoms with van der Waals surface area (Å²) in [6.07, 6.45) is 2.25. The summed E-state index contributed by atoms with van der Waals surface area (Å²) in [7, 11) is 0. The molecule has 1 heteroatoms. The van der Waals surface area contributed by atoms with E-state index in [1.165, 1.54) is 11.1 Å². The van der Waals surface area contributed by atoms with Crippen LogP contribution in [-0.2, 0) is 11.8 Å². The molecule has 0 aliphatic heterocycles. The molecule has 0 heterocycles. The first-order valence-corrected chi connectivity index (χ1v) is 6.23. The number of hydrogen-bond donors (Lipinski definition) is 1. The molecule has 1 atom stereocenters. The fourth-order valence-electron chi connectivity index (χ4n) is 1.93. The van der Waals surface area contributed by atoms with E-state index in [4.69, 9.17) is 5.73 Å². The van der Waals surface area contributed by atoms with Crippen LogP contribution >= 0.6 is 0 Å². The van der Waals surface area contributed by atoms with E-state index in [2.05, 4.69) is 52.0 Å². The normalized spacial score (nSPS) is 13.8. The topological polar surface area (TPSA) is 26.0 Å². The van der Waals surface area contributed by atoms with Crippen LogP contribution in [0.1, 0.15) is 45.2 Å². The highest BCUT2D eigenvalue weighted by Crippen LogP contribution is 2.23. The van der Waals surface area contributed by atoms with Crippen molar-refractivity contribution in [1.82, 2.24) is 0 Å². The van der Waals surface area contributed by atoms with E-state index in [0.717, 1.165) is 19.4 Å². The Hall–Kier alpha value is -0.820. The molecule has 0 radical (unpaired) electrons. The van der Waals surface area contributed by atoms with Crippen LogP contribution in [0.4, 0.5) is 0 Å². The number of rotatable bonds is 4. The lowest BCUT2D eigenvalue weighted by molar-refractivity contribution is 0.538. The van der Waals surface area contributed by atoms with Crippen molar-refractivity contribution in [2.75, 3.05) is 6.54 Å². The van der Waals surface area contributed by atoms with E-state index in [-0.39, 0.29) is 5.41 Å². The summed E-state index contributed by atoms with van der Waals surface area (Å²) in [6.45, 7) is 9.81. The first kappa shape index (κ1) is 13.2. The Labute approximate surface area is 100 Å². The van der Waals surface area contributed by atoms with Crippen LogP contribution in [0.3, 0.4) is 0 Å². The molecule has 1 aromatic rings. The molecule has 1 aromatic carbocycles. The average molecular weight is 219 g/mol. The van der Waals surface area contributed by atoms with Crippen LogP contribution in [0.2, 0.25) is 0 Å². The van der Waals surface area contributed by atoms with Gasteiger partial charge < -0.3 is 5.73 Å². The van der Waals surface area contributed by atoms with E-state index >= 15 is 0 Å². The lowest BCUT2D eigenvalue weighted by Crippen LogP contribution is -2.11. The van der Waals surface area contributed by atoms with Crippen LogP contribution < -0.4 is 5.73 Å². The highest BCUT2D eigenvalue weighted by molar-refractivity contribution is 5.27. The van der Waals surface area contributed by atoms with E-state index in [9.17, 15) is 0 Å². The van der Waals surface area contributed by atoms with Gasteiger partial charge in [0, 0.05) is 0 Å². The largest absolute Gasteiger partial charge is 0.330 e. The quantitative estimate of drug-likeness (QED) is 0.824. The van der Waals surface area contributed by atoms with Crippen molar-refractivity contribution in [3.8, 4) is 0 Å². The molecule has 16 heavy (non-hydrogen) atoms. The van der Waals surface area contributed by atoms with E-state index in [1.54, 1.807) is 0 Å². The fraction of sp³-hybridized carbons (Fsp3) is 0.600. The summed E-state index contributed by atoms with van der Waals surface area (Å²) < 4.78 is 0. The van der Waals surface area contributed by atoms with Crippen molar-refractivity contribution in [1.29, 1.82) is 0 Å². The Morgan fingerprint density at radius 3 is 2.12 bits per heavy atom. The SMILES string of the molecule is C[C@H](CCN)Cc1ccc(C(C)(C)C)cc1. The third kappa shape index (κ3) is 3.97. The molecule has 2 N–H and O–H groups in total. The molecule has 0 amide bonds. The molecule has 1 nitrogen and oxygen atoms in total. The van der Waals surface area contributed by atoms with Gasteiger partial charge in [0.1, 0.15) is 0 Å². The second kappa shape index (κ2) is 5.49. The summed E-state index contributed by atoms with van der Waals surface area (Å²) in [5, 5.41) is 0. The standard InChI is InChI=1S/C15H25N/c1-12(9-10-16)11-13-5-7-14(8-6-13)15(2,3)4/h5-8,12H,9-11,16H2,1-4H3/t12-/m1/s1. The second-order valence-electron chi connectivity index (χ2n) is 5.83. The Balaban J connectivity index is 2.65. The molecule has 0 aromatic heterocycles. The zero-order valence-electron chi connectivity index (χ0n) is 11.1. The van der Waals surface area contributed by atoms with Gasteiger partial charge in [0.25, 0.3) is 0 Å². The van der Waals surface area contributed by atoms with Crippen molar-refractivity contribution < 1.29 is 0 Å². The minimum Gasteiger partial charge on any atom is -0.330 e. The van der Waals surface area contributed by atoms with Gasteiger partial charge in [0.05, 0.1) is 0 Å². The summed E-state index contributed by atoms with van der Waals surface area (Å²) in [5.74, 6) is 0.686. The minimum absolute atomic E-state index is 0.251. The van der Waals surface area contributed by atoms with Gasteiger partial charge in [-0.25, -0.2) is 0 Å². The van der Waals surface area contributed by atoms with Crippen LogP contribution in [-0.4, -0.2) is 6.54 Å². The number of hydrogen-bond acceptors (Lipinski definition) is 1. The number of nitrogens with two attached hydrogens (primary N) is 1. The highest BCUT2D eigenvalue weighted by Gasteiger charge is 2.13. The molecular formula is C15H25N. The molecule has 0 saturated carbocycles. The maximum atomic E-state index is 5.56. The van der Waals surface area contributed by atoms with Crippen LogP contribution in [0.15, 0.2) is 24.3 Å². The molecule has 90 valence electrons. The van der Waals surface area contributed by atoms with Gasteiger partial charge in [0.2, 0.25) is 0 Å². The van der Waals surface area contributed by atoms with Gasteiger partial charge in [-0.15, -0.1) is 0 Å². The Bertz CT molecular complexity index is 305. The van der Waals surface area contributed by atoms with Gasteiger partial charge in [-0.1, -0.05) is 52.0 Å². The van der Waals surface area contributed by atoms with Crippen molar-refractivity contribution in [3.05, 3.63) is 35.4 Å². The molecule has 0 aliphatic rings. The lowest BCUT2D eigenvalue weighted by atomic mass is 9.86. The van der Waals surface area contributed by atoms with Crippen LogP contribution in [0, 0.1) is 5.92 Å². The van der Waals surface area contributed by atoms with Gasteiger partial charge in [0.15, 0.2) is 0 Å². The minimum atomic E-state index is 0.251. The smallest absolute Gasteiger partial charge is 0.00746 e. The van der Waals surface area contributed by atoms with Gasteiger partial charge >= 0.3 is 0 Å². The fourth-order valence-corrected chi connectivity index (χ4v) is 1.93. The molecule has 0 spiro atoms. The van der Waals surface area contributed by atoms with Crippen LogP contribution in [0.5, 0.6) is 0 Å². The molecule has 0 unspecified atom stereocenters. The Morgan fingerprint density at radius 1 is 1.12 bits per heavy atom. The zero-order chi connectivity index (χ0) is 12.2. The lowest BCUT2D eigenvalue weighted by Gasteiger charge is -2.19. The zero-order valence-corrected chi connectivity index (χ0v) is 11.1. The molecule has 0 bridgehead atoms. The maximum Gasteiger partial charge on any atom is -0.00746 e. The molecule has 1 rings (SSSR count). The predicted octanol–water partition coefficient (Wildman–Crippen LogP) is 3.51. The first-order valence-electron chi connectivity index (χ1n) is 6.23. The molecule has 0 aliphatic carbocycles. The predicted molar refractivity (Wildman–Crippen MR) is 71.7 cm³/mol. The van der Waals surface area contributed by atoms with Gasteiger partial charge in [-0.05, 0) is 41.8 Å². The van der Waals surface area contributed by atoms with Crippen molar-refractivity contribution in [3.63, 3.8) is 0 Å². The monoisotopic (exact) mass is 219 g/mol. The first-order chi connectivity index (χ1) is 7.43. The summed E-state index contributed by atoms with van der Waals surface area (Å²) in [5.41, 5.74) is 8.65. The van der Waals surface area contributed by atoms with Crippen molar-refractivity contribution in [2.24, 2.45) is 11.7 Å². The van der Waals surface area contributed by atoms with Gasteiger partial charge in [-0.3, -0.25) is 0 Å².